The maximum absolute atomic E-state index is 11.6. The number of hydrogen-bond acceptors (Lipinski definition) is 3. The number of carbonyl (C=O) groups is 3. The number of nitrogens with zero attached hydrogens (tertiary/aromatic N) is 1. The molecule has 3 N–H and O–H groups in total. The summed E-state index contributed by atoms with van der Waals surface area (Å²) in [5.74, 6) is -1.52. The molecule has 3 amide bonds. The molecule has 1 atom stereocenters. The third-order valence-corrected chi connectivity index (χ3v) is 2.29. The number of carboxylic acid groups (broad SMARTS) is 1. The highest BCUT2D eigenvalue weighted by atomic mass is 16.4. The van der Waals surface area contributed by atoms with E-state index in [-0.39, 0.29) is 6.42 Å². The van der Waals surface area contributed by atoms with Gasteiger partial charge in [0.15, 0.2) is 0 Å². The summed E-state index contributed by atoms with van der Waals surface area (Å²) in [5.41, 5.74) is 0. The van der Waals surface area contributed by atoms with Crippen LogP contribution in [0.15, 0.2) is 0 Å². The van der Waals surface area contributed by atoms with E-state index < -0.39 is 23.9 Å². The first-order valence-electron chi connectivity index (χ1n) is 5.10. The lowest BCUT2D eigenvalue weighted by Crippen LogP contribution is -2.59. The van der Waals surface area contributed by atoms with Crippen LogP contribution >= 0.6 is 0 Å². The summed E-state index contributed by atoms with van der Waals surface area (Å²) in [4.78, 5) is 34.9. The SMILES string of the molecule is CCNC(=O)N1CCNC(=O)C1CC(=O)O. The van der Waals surface area contributed by atoms with Crippen LogP contribution < -0.4 is 10.6 Å². The molecule has 16 heavy (non-hydrogen) atoms. The molecular formula is C9H15N3O4. The zero-order valence-corrected chi connectivity index (χ0v) is 9.02. The maximum Gasteiger partial charge on any atom is 0.318 e. The van der Waals surface area contributed by atoms with Crippen LogP contribution in [0.25, 0.3) is 0 Å². The van der Waals surface area contributed by atoms with Crippen molar-refractivity contribution in [1.82, 2.24) is 15.5 Å². The molecule has 90 valence electrons. The Hall–Kier alpha value is -1.79. The van der Waals surface area contributed by atoms with E-state index in [0.717, 1.165) is 0 Å². The standard InChI is InChI=1S/C9H15N3O4/c1-2-10-9(16)12-4-3-11-8(15)6(12)5-7(13)14/h6H,2-5H2,1H3,(H,10,16)(H,11,15)(H,13,14). The van der Waals surface area contributed by atoms with Gasteiger partial charge >= 0.3 is 12.0 Å². The first-order valence-corrected chi connectivity index (χ1v) is 5.10. The van der Waals surface area contributed by atoms with E-state index >= 15 is 0 Å². The van der Waals surface area contributed by atoms with Crippen LogP contribution in [-0.2, 0) is 9.59 Å². The average Bonchev–Trinajstić information content (AvgIpc) is 2.20. The first-order chi connectivity index (χ1) is 7.56. The molecule has 0 saturated carbocycles. The lowest BCUT2D eigenvalue weighted by atomic mass is 10.1. The van der Waals surface area contributed by atoms with E-state index in [1.54, 1.807) is 6.92 Å². The molecule has 0 bridgehead atoms. The van der Waals surface area contributed by atoms with Crippen molar-refractivity contribution >= 4 is 17.9 Å². The summed E-state index contributed by atoms with van der Waals surface area (Å²) in [6.07, 6.45) is -0.372. The van der Waals surface area contributed by atoms with Crippen molar-refractivity contribution < 1.29 is 19.5 Å². The minimum absolute atomic E-state index is 0.329. The molecule has 0 radical (unpaired) electrons. The van der Waals surface area contributed by atoms with Gasteiger partial charge in [0.05, 0.1) is 6.42 Å². The van der Waals surface area contributed by atoms with Crippen molar-refractivity contribution in [3.63, 3.8) is 0 Å². The number of urea groups is 1. The van der Waals surface area contributed by atoms with Crippen molar-refractivity contribution in [2.24, 2.45) is 0 Å². The van der Waals surface area contributed by atoms with Gasteiger partial charge in [-0.15, -0.1) is 0 Å². The molecule has 1 fully saturated rings. The van der Waals surface area contributed by atoms with E-state index in [1.165, 1.54) is 4.90 Å². The highest BCUT2D eigenvalue weighted by Gasteiger charge is 2.34. The van der Waals surface area contributed by atoms with Gasteiger partial charge in [0.1, 0.15) is 6.04 Å². The highest BCUT2D eigenvalue weighted by molar-refractivity contribution is 5.91. The quantitative estimate of drug-likeness (QED) is 0.577. The Balaban J connectivity index is 2.73. The van der Waals surface area contributed by atoms with Crippen molar-refractivity contribution in [2.75, 3.05) is 19.6 Å². The van der Waals surface area contributed by atoms with Crippen LogP contribution in [0.3, 0.4) is 0 Å². The van der Waals surface area contributed by atoms with Gasteiger partial charge in [-0.3, -0.25) is 9.59 Å². The lowest BCUT2D eigenvalue weighted by Gasteiger charge is -2.34. The molecule has 7 nitrogen and oxygen atoms in total. The van der Waals surface area contributed by atoms with Gasteiger partial charge in [0.2, 0.25) is 5.91 Å². The predicted molar refractivity (Wildman–Crippen MR) is 54.8 cm³/mol. The average molecular weight is 229 g/mol. The molecule has 1 heterocycles. The van der Waals surface area contributed by atoms with Crippen LogP contribution in [0.2, 0.25) is 0 Å². The molecule has 0 aromatic heterocycles. The monoisotopic (exact) mass is 229 g/mol. The molecule has 0 aromatic rings. The topological polar surface area (TPSA) is 98.7 Å². The predicted octanol–water partition coefficient (Wildman–Crippen LogP) is -1.01. The van der Waals surface area contributed by atoms with Gasteiger partial charge in [-0.05, 0) is 6.92 Å². The third kappa shape index (κ3) is 2.85. The van der Waals surface area contributed by atoms with Gasteiger partial charge in [0, 0.05) is 19.6 Å². The van der Waals surface area contributed by atoms with Crippen LogP contribution in [-0.4, -0.2) is 53.6 Å². The Bertz CT molecular complexity index is 305. The van der Waals surface area contributed by atoms with Crippen LogP contribution in [0, 0.1) is 0 Å². The zero-order chi connectivity index (χ0) is 12.1. The summed E-state index contributed by atoms with van der Waals surface area (Å²) >= 11 is 0. The van der Waals surface area contributed by atoms with E-state index in [0.29, 0.717) is 19.6 Å². The fraction of sp³-hybridized carbons (Fsp3) is 0.667. The van der Waals surface area contributed by atoms with E-state index in [9.17, 15) is 14.4 Å². The minimum Gasteiger partial charge on any atom is -0.481 e. The Labute approximate surface area is 92.8 Å². The largest absolute Gasteiger partial charge is 0.481 e. The summed E-state index contributed by atoms with van der Waals surface area (Å²) in [5, 5.41) is 13.8. The molecular weight excluding hydrogens is 214 g/mol. The first kappa shape index (κ1) is 12.3. The Morgan fingerprint density at radius 2 is 2.31 bits per heavy atom. The number of carbonyl (C=O) groups excluding carboxylic acids is 2. The van der Waals surface area contributed by atoms with Crippen LogP contribution in [0.1, 0.15) is 13.3 Å². The number of piperazine rings is 1. The van der Waals surface area contributed by atoms with Crippen molar-refractivity contribution in [1.29, 1.82) is 0 Å². The molecule has 1 saturated heterocycles. The summed E-state index contributed by atoms with van der Waals surface area (Å²) in [7, 11) is 0. The van der Waals surface area contributed by atoms with Crippen LogP contribution in [0.4, 0.5) is 4.79 Å². The van der Waals surface area contributed by atoms with Crippen molar-refractivity contribution in [3.05, 3.63) is 0 Å². The van der Waals surface area contributed by atoms with E-state index in [1.807, 2.05) is 0 Å². The van der Waals surface area contributed by atoms with E-state index in [2.05, 4.69) is 10.6 Å². The molecule has 0 aromatic carbocycles. The number of amides is 3. The Kier molecular flexibility index (Phi) is 4.10. The number of nitrogens with one attached hydrogen (secondary N) is 2. The number of hydrogen-bond donors (Lipinski definition) is 3. The highest BCUT2D eigenvalue weighted by Crippen LogP contribution is 2.09. The zero-order valence-electron chi connectivity index (χ0n) is 9.02. The molecule has 0 aliphatic carbocycles. The second kappa shape index (κ2) is 5.34. The summed E-state index contributed by atoms with van der Waals surface area (Å²) < 4.78 is 0. The molecule has 1 aliphatic rings. The number of rotatable bonds is 3. The smallest absolute Gasteiger partial charge is 0.318 e. The summed E-state index contributed by atoms with van der Waals surface area (Å²) in [6.45, 7) is 2.88. The molecule has 1 aliphatic heterocycles. The summed E-state index contributed by atoms with van der Waals surface area (Å²) in [6, 6.07) is -1.32. The third-order valence-electron chi connectivity index (χ3n) is 2.29. The van der Waals surface area contributed by atoms with Gasteiger partial charge in [-0.1, -0.05) is 0 Å². The fourth-order valence-corrected chi connectivity index (χ4v) is 1.58. The minimum atomic E-state index is -1.10. The van der Waals surface area contributed by atoms with Gasteiger partial charge < -0.3 is 20.6 Å². The molecule has 0 spiro atoms. The normalized spacial score (nSPS) is 20.2. The number of aliphatic carboxylic acids is 1. The molecule has 7 heteroatoms. The van der Waals surface area contributed by atoms with Gasteiger partial charge in [-0.2, -0.15) is 0 Å². The van der Waals surface area contributed by atoms with Crippen LogP contribution in [0.5, 0.6) is 0 Å². The van der Waals surface area contributed by atoms with Crippen molar-refractivity contribution in [3.8, 4) is 0 Å². The fourth-order valence-electron chi connectivity index (χ4n) is 1.58. The second-order valence-corrected chi connectivity index (χ2v) is 3.43. The molecule has 1 unspecified atom stereocenters. The Morgan fingerprint density at radius 3 is 2.88 bits per heavy atom. The van der Waals surface area contributed by atoms with Crippen molar-refractivity contribution in [2.45, 2.75) is 19.4 Å². The van der Waals surface area contributed by atoms with E-state index in [4.69, 9.17) is 5.11 Å². The second-order valence-electron chi connectivity index (χ2n) is 3.43. The lowest BCUT2D eigenvalue weighted by molar-refractivity contribution is -0.142. The van der Waals surface area contributed by atoms with Gasteiger partial charge in [-0.25, -0.2) is 4.79 Å². The Morgan fingerprint density at radius 1 is 1.62 bits per heavy atom. The molecule has 1 rings (SSSR count). The van der Waals surface area contributed by atoms with Gasteiger partial charge in [0.25, 0.3) is 0 Å². The number of carboxylic acids is 1. The maximum atomic E-state index is 11.6.